The number of hydrogen-bond acceptors (Lipinski definition) is 6. The van der Waals surface area contributed by atoms with Crippen molar-refractivity contribution in [3.63, 3.8) is 0 Å². The lowest BCUT2D eigenvalue weighted by Crippen LogP contribution is -2.08. The van der Waals surface area contributed by atoms with Crippen molar-refractivity contribution in [2.45, 2.75) is 13.8 Å². The molecule has 6 heteroatoms. The summed E-state index contributed by atoms with van der Waals surface area (Å²) in [6.07, 6.45) is 0. The van der Waals surface area contributed by atoms with E-state index in [2.05, 4.69) is 0 Å². The molecule has 0 aliphatic carbocycles. The van der Waals surface area contributed by atoms with Gasteiger partial charge in [0.25, 0.3) is 0 Å². The van der Waals surface area contributed by atoms with Gasteiger partial charge in [0, 0.05) is 0 Å². The molecule has 0 aliphatic heterocycles. The number of allylic oxidation sites excluding steroid dienone is 1. The Balaban J connectivity index is 5.13. The van der Waals surface area contributed by atoms with Crippen LogP contribution >= 0.6 is 23.5 Å². The van der Waals surface area contributed by atoms with Crippen LogP contribution in [0.3, 0.4) is 0 Å². The third kappa shape index (κ3) is 5.01. The summed E-state index contributed by atoms with van der Waals surface area (Å²) in [5, 5.41) is 16.9. The molecule has 0 aromatic heterocycles. The Labute approximate surface area is 103 Å². The van der Waals surface area contributed by atoms with Gasteiger partial charge in [0.05, 0.1) is 33.5 Å². The highest BCUT2D eigenvalue weighted by molar-refractivity contribution is 8.22. The first-order valence-electron chi connectivity index (χ1n) is 4.30. The number of hydrogen-bond donors (Lipinski definition) is 0. The second-order valence-electron chi connectivity index (χ2n) is 2.67. The molecule has 0 bridgehead atoms. The standard InChI is InChI=1S/C10H10N2O2S2/c1-7(13)9(8(2)14)10(15-5-3-11)16-6-4-12/h5-6H2,1-2H3. The van der Waals surface area contributed by atoms with Gasteiger partial charge in [-0.2, -0.15) is 10.5 Å². The topological polar surface area (TPSA) is 81.7 Å². The van der Waals surface area contributed by atoms with E-state index in [1.165, 1.54) is 13.8 Å². The summed E-state index contributed by atoms with van der Waals surface area (Å²) in [4.78, 5) is 22.6. The van der Waals surface area contributed by atoms with Crippen molar-refractivity contribution in [2.24, 2.45) is 0 Å². The van der Waals surface area contributed by atoms with Crippen LogP contribution in [-0.2, 0) is 9.59 Å². The van der Waals surface area contributed by atoms with Gasteiger partial charge in [-0.25, -0.2) is 0 Å². The lowest BCUT2D eigenvalue weighted by Gasteiger charge is -2.06. The molecule has 0 fully saturated rings. The molecule has 0 radical (unpaired) electrons. The van der Waals surface area contributed by atoms with Gasteiger partial charge in [-0.15, -0.1) is 23.5 Å². The first kappa shape index (κ1) is 14.8. The molecular weight excluding hydrogens is 244 g/mol. The monoisotopic (exact) mass is 254 g/mol. The summed E-state index contributed by atoms with van der Waals surface area (Å²) in [5.74, 6) is -0.368. The highest BCUT2D eigenvalue weighted by Gasteiger charge is 2.17. The quantitative estimate of drug-likeness (QED) is 0.409. The molecule has 0 atom stereocenters. The van der Waals surface area contributed by atoms with Crippen molar-refractivity contribution in [3.05, 3.63) is 9.81 Å². The largest absolute Gasteiger partial charge is 0.294 e. The maximum Gasteiger partial charge on any atom is 0.165 e. The summed E-state index contributed by atoms with van der Waals surface area (Å²) in [6, 6.07) is 3.83. The van der Waals surface area contributed by atoms with Crippen molar-refractivity contribution in [1.82, 2.24) is 0 Å². The normalized spacial score (nSPS) is 8.75. The molecule has 0 rings (SSSR count). The summed E-state index contributed by atoms with van der Waals surface area (Å²) in [6.45, 7) is 2.60. The third-order valence-electron chi connectivity index (χ3n) is 1.44. The second kappa shape index (κ2) is 7.98. The minimum atomic E-state index is -0.335. The average molecular weight is 254 g/mol. The Hall–Kier alpha value is -1.24. The number of rotatable bonds is 6. The Kier molecular flexibility index (Phi) is 7.36. The Bertz CT molecular complexity index is 366. The van der Waals surface area contributed by atoms with Crippen LogP contribution in [0.4, 0.5) is 0 Å². The van der Waals surface area contributed by atoms with Crippen LogP contribution in [0.5, 0.6) is 0 Å². The van der Waals surface area contributed by atoms with Crippen LogP contribution in [0.15, 0.2) is 9.81 Å². The smallest absolute Gasteiger partial charge is 0.165 e. The molecule has 16 heavy (non-hydrogen) atoms. The Morgan fingerprint density at radius 3 is 1.62 bits per heavy atom. The first-order chi connectivity index (χ1) is 7.54. The maximum absolute atomic E-state index is 11.3. The number of nitriles is 2. The molecule has 0 saturated carbocycles. The lowest BCUT2D eigenvalue weighted by molar-refractivity contribution is -0.119. The van der Waals surface area contributed by atoms with E-state index in [0.29, 0.717) is 4.24 Å². The molecule has 0 heterocycles. The van der Waals surface area contributed by atoms with Crippen LogP contribution in [-0.4, -0.2) is 23.1 Å². The van der Waals surface area contributed by atoms with Crippen LogP contribution in [0, 0.1) is 22.7 Å². The molecule has 0 N–H and O–H groups in total. The van der Waals surface area contributed by atoms with Gasteiger partial charge in [0.1, 0.15) is 0 Å². The summed E-state index contributed by atoms with van der Waals surface area (Å²) >= 11 is 2.23. The molecule has 84 valence electrons. The van der Waals surface area contributed by atoms with Gasteiger partial charge in [0.15, 0.2) is 11.6 Å². The predicted molar refractivity (Wildman–Crippen MR) is 64.5 cm³/mol. The Morgan fingerprint density at radius 2 is 1.38 bits per heavy atom. The second-order valence-corrected chi connectivity index (χ2v) is 4.90. The molecule has 0 aromatic rings. The maximum atomic E-state index is 11.3. The molecule has 0 aromatic carbocycles. The number of carbonyl (C=O) groups is 2. The van der Waals surface area contributed by atoms with Gasteiger partial charge in [0.2, 0.25) is 0 Å². The zero-order valence-electron chi connectivity index (χ0n) is 8.94. The highest BCUT2D eigenvalue weighted by atomic mass is 32.2. The number of Topliss-reactive ketones (excluding diaryl/α,β-unsaturated/α-hetero) is 2. The van der Waals surface area contributed by atoms with E-state index in [1.54, 1.807) is 0 Å². The van der Waals surface area contributed by atoms with Crippen molar-refractivity contribution in [1.29, 1.82) is 10.5 Å². The molecule has 4 nitrogen and oxygen atoms in total. The zero-order chi connectivity index (χ0) is 12.6. The average Bonchev–Trinajstić information content (AvgIpc) is 2.20. The van der Waals surface area contributed by atoms with E-state index in [-0.39, 0.29) is 28.6 Å². The van der Waals surface area contributed by atoms with E-state index in [9.17, 15) is 9.59 Å². The minimum absolute atomic E-state index is 0.0838. The fraction of sp³-hybridized carbons (Fsp3) is 0.400. The molecule has 0 aliphatic rings. The van der Waals surface area contributed by atoms with Crippen LogP contribution in [0.25, 0.3) is 0 Å². The van der Waals surface area contributed by atoms with Gasteiger partial charge in [-0.05, 0) is 13.8 Å². The predicted octanol–water partition coefficient (Wildman–Crippen LogP) is 1.89. The fourth-order valence-electron chi connectivity index (χ4n) is 0.917. The van der Waals surface area contributed by atoms with Crippen LogP contribution < -0.4 is 0 Å². The number of nitrogens with zero attached hydrogens (tertiary/aromatic N) is 2. The SMILES string of the molecule is CC(=O)C(C(C)=O)=C(SCC#N)SCC#N. The number of ketones is 2. The fourth-order valence-corrected chi connectivity index (χ4v) is 2.86. The van der Waals surface area contributed by atoms with Gasteiger partial charge in [-0.1, -0.05) is 0 Å². The van der Waals surface area contributed by atoms with Crippen LogP contribution in [0.2, 0.25) is 0 Å². The molecule has 0 unspecified atom stereocenters. The lowest BCUT2D eigenvalue weighted by atomic mass is 10.1. The summed E-state index contributed by atoms with van der Waals surface area (Å²) in [5.41, 5.74) is 0.0838. The zero-order valence-corrected chi connectivity index (χ0v) is 10.6. The Morgan fingerprint density at radius 1 is 1.00 bits per heavy atom. The van der Waals surface area contributed by atoms with Crippen molar-refractivity contribution in [3.8, 4) is 12.1 Å². The van der Waals surface area contributed by atoms with Crippen LogP contribution in [0.1, 0.15) is 13.8 Å². The summed E-state index contributed by atoms with van der Waals surface area (Å²) in [7, 11) is 0. The minimum Gasteiger partial charge on any atom is -0.294 e. The summed E-state index contributed by atoms with van der Waals surface area (Å²) < 4.78 is 0.461. The van der Waals surface area contributed by atoms with E-state index in [0.717, 1.165) is 23.5 Å². The third-order valence-corrected chi connectivity index (χ3v) is 3.63. The number of carbonyl (C=O) groups excluding carboxylic acids is 2. The van der Waals surface area contributed by atoms with E-state index in [4.69, 9.17) is 10.5 Å². The molecule has 0 spiro atoms. The van der Waals surface area contributed by atoms with Gasteiger partial charge in [-0.3, -0.25) is 9.59 Å². The van der Waals surface area contributed by atoms with Crippen molar-refractivity contribution in [2.75, 3.05) is 11.5 Å². The van der Waals surface area contributed by atoms with Crippen molar-refractivity contribution < 1.29 is 9.59 Å². The van der Waals surface area contributed by atoms with E-state index in [1.807, 2.05) is 12.1 Å². The molecular formula is C10H10N2O2S2. The van der Waals surface area contributed by atoms with Gasteiger partial charge < -0.3 is 0 Å². The van der Waals surface area contributed by atoms with Crippen molar-refractivity contribution >= 4 is 35.1 Å². The number of thioether (sulfide) groups is 2. The highest BCUT2D eigenvalue weighted by Crippen LogP contribution is 2.32. The molecule has 0 amide bonds. The van der Waals surface area contributed by atoms with Gasteiger partial charge >= 0.3 is 0 Å². The molecule has 0 saturated heterocycles. The first-order valence-corrected chi connectivity index (χ1v) is 6.27. The van der Waals surface area contributed by atoms with E-state index < -0.39 is 0 Å². The van der Waals surface area contributed by atoms with E-state index >= 15 is 0 Å².